The lowest BCUT2D eigenvalue weighted by molar-refractivity contribution is -0.126. The van der Waals surface area contributed by atoms with Crippen molar-refractivity contribution in [3.63, 3.8) is 0 Å². The molecular weight excluding hydrogens is 400 g/mol. The molecule has 4 rings (SSSR count). The van der Waals surface area contributed by atoms with E-state index in [0.29, 0.717) is 39.1 Å². The Labute approximate surface area is 189 Å². The first-order valence-corrected chi connectivity index (χ1v) is 11.3. The van der Waals surface area contributed by atoms with E-state index in [4.69, 9.17) is 4.74 Å². The van der Waals surface area contributed by atoms with E-state index in [1.54, 1.807) is 0 Å². The molecule has 0 unspecified atom stereocenters. The van der Waals surface area contributed by atoms with E-state index in [2.05, 4.69) is 18.3 Å². The summed E-state index contributed by atoms with van der Waals surface area (Å²) in [5.74, 6) is 0.881. The van der Waals surface area contributed by atoms with Gasteiger partial charge in [0.05, 0.1) is 6.54 Å². The first kappa shape index (κ1) is 21.9. The lowest BCUT2D eigenvalue weighted by atomic mass is 9.95. The number of likely N-dealkylation sites (tertiary alicyclic amines) is 1. The fourth-order valence-electron chi connectivity index (χ4n) is 4.37. The fraction of sp³-hybridized carbons (Fsp3) is 0.333. The van der Waals surface area contributed by atoms with Crippen LogP contribution in [0.2, 0.25) is 0 Å². The summed E-state index contributed by atoms with van der Waals surface area (Å²) in [5.41, 5.74) is 3.03. The monoisotopic (exact) mass is 430 g/mol. The fourth-order valence-corrected chi connectivity index (χ4v) is 4.37. The van der Waals surface area contributed by atoms with Gasteiger partial charge in [-0.15, -0.1) is 0 Å². The second-order valence-electron chi connectivity index (χ2n) is 8.50. The Balaban J connectivity index is 1.25. The maximum Gasteiger partial charge on any atom is 0.254 e. The zero-order chi connectivity index (χ0) is 22.5. The molecule has 1 fully saturated rings. The largest absolute Gasteiger partial charge is 0.491 e. The number of rotatable bonds is 6. The van der Waals surface area contributed by atoms with Crippen molar-refractivity contribution in [2.75, 3.05) is 26.2 Å². The van der Waals surface area contributed by atoms with Gasteiger partial charge in [-0.05, 0) is 55.2 Å². The molecule has 1 aliphatic heterocycles. The molecule has 0 spiro atoms. The third kappa shape index (κ3) is 4.93. The molecule has 0 aromatic heterocycles. The van der Waals surface area contributed by atoms with Crippen LogP contribution >= 0.6 is 0 Å². The number of amides is 2. The molecule has 32 heavy (non-hydrogen) atoms. The third-order valence-electron chi connectivity index (χ3n) is 6.16. The molecule has 3 aromatic carbocycles. The quantitative estimate of drug-likeness (QED) is 0.586. The van der Waals surface area contributed by atoms with Gasteiger partial charge in [0, 0.05) is 24.6 Å². The number of aryl methyl sites for hydroxylation is 2. The number of benzene rings is 3. The van der Waals surface area contributed by atoms with Gasteiger partial charge in [-0.3, -0.25) is 9.59 Å². The minimum atomic E-state index is -0.0623. The average molecular weight is 431 g/mol. The molecule has 1 aliphatic rings. The zero-order valence-electron chi connectivity index (χ0n) is 18.8. The number of ether oxygens (including phenoxy) is 1. The molecule has 1 saturated heterocycles. The molecule has 1 heterocycles. The molecule has 0 bridgehead atoms. The Kier molecular flexibility index (Phi) is 6.74. The molecule has 5 nitrogen and oxygen atoms in total. The molecule has 3 aromatic rings. The van der Waals surface area contributed by atoms with Crippen LogP contribution in [0.25, 0.3) is 10.8 Å². The van der Waals surface area contributed by atoms with Crippen LogP contribution in [0.4, 0.5) is 0 Å². The second kappa shape index (κ2) is 9.86. The van der Waals surface area contributed by atoms with Crippen LogP contribution in [0.3, 0.4) is 0 Å². The molecule has 0 radical (unpaired) electrons. The summed E-state index contributed by atoms with van der Waals surface area (Å²) in [6.07, 6.45) is 1.36. The van der Waals surface area contributed by atoms with Crippen LogP contribution in [-0.4, -0.2) is 43.0 Å². The summed E-state index contributed by atoms with van der Waals surface area (Å²) in [7, 11) is 0. The van der Waals surface area contributed by atoms with E-state index in [-0.39, 0.29) is 17.7 Å². The van der Waals surface area contributed by atoms with Crippen molar-refractivity contribution in [1.82, 2.24) is 10.2 Å². The summed E-state index contributed by atoms with van der Waals surface area (Å²) in [5, 5.41) is 5.03. The summed E-state index contributed by atoms with van der Waals surface area (Å²) in [6, 6.07) is 19.9. The van der Waals surface area contributed by atoms with Gasteiger partial charge in [-0.1, -0.05) is 54.1 Å². The number of hydrogen-bond acceptors (Lipinski definition) is 3. The van der Waals surface area contributed by atoms with Crippen molar-refractivity contribution in [2.45, 2.75) is 26.7 Å². The van der Waals surface area contributed by atoms with E-state index in [1.165, 1.54) is 5.56 Å². The van der Waals surface area contributed by atoms with Crippen LogP contribution in [0.1, 0.15) is 34.3 Å². The number of fused-ring (bicyclic) bond motifs is 1. The summed E-state index contributed by atoms with van der Waals surface area (Å²) >= 11 is 0. The maximum atomic E-state index is 13.1. The lowest BCUT2D eigenvalue weighted by Crippen LogP contribution is -2.43. The predicted octanol–water partition coefficient (Wildman–Crippen LogP) is 4.50. The van der Waals surface area contributed by atoms with Gasteiger partial charge >= 0.3 is 0 Å². The average Bonchev–Trinajstić information content (AvgIpc) is 2.82. The molecule has 166 valence electrons. The number of hydrogen-bond donors (Lipinski definition) is 1. The van der Waals surface area contributed by atoms with Gasteiger partial charge in [-0.25, -0.2) is 0 Å². The van der Waals surface area contributed by atoms with Gasteiger partial charge in [0.2, 0.25) is 5.91 Å². The third-order valence-corrected chi connectivity index (χ3v) is 6.16. The molecule has 1 N–H and O–H groups in total. The van der Waals surface area contributed by atoms with E-state index in [0.717, 1.165) is 27.6 Å². The Hall–Kier alpha value is -3.34. The Morgan fingerprint density at radius 1 is 1.00 bits per heavy atom. The van der Waals surface area contributed by atoms with Crippen molar-refractivity contribution in [3.05, 3.63) is 77.4 Å². The van der Waals surface area contributed by atoms with Crippen LogP contribution in [0, 0.1) is 19.8 Å². The van der Waals surface area contributed by atoms with Crippen LogP contribution < -0.4 is 10.1 Å². The molecule has 2 amide bonds. The molecule has 0 atom stereocenters. The zero-order valence-corrected chi connectivity index (χ0v) is 18.8. The number of carbonyl (C=O) groups is 2. The number of nitrogens with one attached hydrogen (secondary N) is 1. The SMILES string of the molecule is Cc1ccc(OCCNC(=O)C2CCN(C(=O)c3cccc4ccccc34)CC2)c(C)c1. The van der Waals surface area contributed by atoms with Gasteiger partial charge < -0.3 is 15.0 Å². The van der Waals surface area contributed by atoms with E-state index in [9.17, 15) is 9.59 Å². The number of nitrogens with zero attached hydrogens (tertiary/aromatic N) is 1. The van der Waals surface area contributed by atoms with E-state index < -0.39 is 0 Å². The molecule has 5 heteroatoms. The topological polar surface area (TPSA) is 58.6 Å². The van der Waals surface area contributed by atoms with Crippen molar-refractivity contribution in [2.24, 2.45) is 5.92 Å². The normalized spacial score (nSPS) is 14.4. The van der Waals surface area contributed by atoms with Crippen molar-refractivity contribution < 1.29 is 14.3 Å². The molecule has 0 aliphatic carbocycles. The van der Waals surface area contributed by atoms with Gasteiger partial charge in [0.15, 0.2) is 0 Å². The highest BCUT2D eigenvalue weighted by atomic mass is 16.5. The summed E-state index contributed by atoms with van der Waals surface area (Å²) < 4.78 is 5.79. The summed E-state index contributed by atoms with van der Waals surface area (Å²) in [6.45, 7) is 6.18. The number of carbonyl (C=O) groups excluding carboxylic acids is 2. The molecular formula is C27H30N2O3. The van der Waals surface area contributed by atoms with Gasteiger partial charge in [0.1, 0.15) is 12.4 Å². The van der Waals surface area contributed by atoms with E-state index >= 15 is 0 Å². The number of piperidine rings is 1. The van der Waals surface area contributed by atoms with Crippen molar-refractivity contribution in [1.29, 1.82) is 0 Å². The second-order valence-corrected chi connectivity index (χ2v) is 8.50. The Morgan fingerprint density at radius 3 is 2.53 bits per heavy atom. The standard InChI is InChI=1S/C27H30N2O3/c1-19-10-11-25(20(2)18-19)32-17-14-28-26(30)22-12-15-29(16-13-22)27(31)24-9-5-7-21-6-3-4-8-23(21)24/h3-11,18,22H,12-17H2,1-2H3,(H,28,30). The highest BCUT2D eigenvalue weighted by Crippen LogP contribution is 2.24. The molecule has 0 saturated carbocycles. The minimum Gasteiger partial charge on any atom is -0.491 e. The van der Waals surface area contributed by atoms with E-state index in [1.807, 2.05) is 66.4 Å². The maximum absolute atomic E-state index is 13.1. The minimum absolute atomic E-state index is 0.0440. The van der Waals surface area contributed by atoms with Crippen LogP contribution in [-0.2, 0) is 4.79 Å². The smallest absolute Gasteiger partial charge is 0.254 e. The van der Waals surface area contributed by atoms with Crippen molar-refractivity contribution >= 4 is 22.6 Å². The first-order chi connectivity index (χ1) is 15.5. The predicted molar refractivity (Wildman–Crippen MR) is 127 cm³/mol. The van der Waals surface area contributed by atoms with Gasteiger partial charge in [0.25, 0.3) is 5.91 Å². The highest BCUT2D eigenvalue weighted by Gasteiger charge is 2.28. The van der Waals surface area contributed by atoms with Gasteiger partial charge in [-0.2, -0.15) is 0 Å². The Bertz CT molecular complexity index is 1110. The summed E-state index contributed by atoms with van der Waals surface area (Å²) in [4.78, 5) is 27.5. The Morgan fingerprint density at radius 2 is 1.75 bits per heavy atom. The van der Waals surface area contributed by atoms with Crippen molar-refractivity contribution in [3.8, 4) is 5.75 Å². The highest BCUT2D eigenvalue weighted by molar-refractivity contribution is 6.07. The van der Waals surface area contributed by atoms with Crippen LogP contribution in [0.5, 0.6) is 5.75 Å². The first-order valence-electron chi connectivity index (χ1n) is 11.3. The lowest BCUT2D eigenvalue weighted by Gasteiger charge is -2.31. The van der Waals surface area contributed by atoms with Crippen LogP contribution in [0.15, 0.2) is 60.7 Å².